The number of fused-ring (bicyclic) bond motifs is 2. The minimum atomic E-state index is -2.02. The number of benzene rings is 2. The molecule has 1 aliphatic heterocycles. The molecule has 2 heterocycles. The standard InChI is InChI=1S/C19H15Br2NOSeSi/c1-10-4-6-14-18(17(10)15-9-12(20)19(21)24-15)25(2,3)16-8-11(23)5-7-13(16)22-14/h4-9,23H,1H2,2-3H3. The van der Waals surface area contributed by atoms with Gasteiger partial charge in [0.15, 0.2) is 0 Å². The number of rotatable bonds is 1. The molecule has 0 saturated heterocycles. The van der Waals surface area contributed by atoms with Gasteiger partial charge in [-0.15, -0.1) is 0 Å². The van der Waals surface area contributed by atoms with Crippen LogP contribution in [0.25, 0.3) is 16.6 Å². The van der Waals surface area contributed by atoms with E-state index in [0.29, 0.717) is 5.75 Å². The van der Waals surface area contributed by atoms with E-state index in [1.54, 1.807) is 6.07 Å². The van der Waals surface area contributed by atoms with Crippen LogP contribution in [0.15, 0.2) is 49.2 Å². The Morgan fingerprint density at radius 3 is 2.56 bits per heavy atom. The average Bonchev–Trinajstić information content (AvgIpc) is 2.88. The first-order valence-electron chi connectivity index (χ1n) is 7.79. The molecule has 0 bridgehead atoms. The molecule has 6 heteroatoms. The van der Waals surface area contributed by atoms with Gasteiger partial charge in [-0.05, 0) is 0 Å². The molecule has 2 aromatic carbocycles. The van der Waals surface area contributed by atoms with Gasteiger partial charge in [-0.2, -0.15) is 0 Å². The molecule has 1 aromatic heterocycles. The third-order valence-corrected chi connectivity index (χ3v) is 13.2. The zero-order valence-electron chi connectivity index (χ0n) is 13.7. The van der Waals surface area contributed by atoms with Gasteiger partial charge in [0.05, 0.1) is 0 Å². The molecule has 0 amide bonds. The Morgan fingerprint density at radius 2 is 1.88 bits per heavy atom. The molecule has 25 heavy (non-hydrogen) atoms. The predicted octanol–water partition coefficient (Wildman–Crippen LogP) is 3.14. The number of phenols is 1. The number of phenolic OH excluding ortho intramolecular Hbond substituents is 1. The molecule has 0 radical (unpaired) electrons. The van der Waals surface area contributed by atoms with E-state index in [-0.39, 0.29) is 14.5 Å². The van der Waals surface area contributed by atoms with Gasteiger partial charge in [0.25, 0.3) is 0 Å². The quantitative estimate of drug-likeness (QED) is 0.474. The maximum atomic E-state index is 10.0. The van der Waals surface area contributed by atoms with E-state index in [1.807, 2.05) is 12.1 Å². The summed E-state index contributed by atoms with van der Waals surface area (Å²) >= 11 is 7.53. The normalized spacial score (nSPS) is 14.6. The van der Waals surface area contributed by atoms with Crippen molar-refractivity contribution >= 4 is 77.1 Å². The number of halogens is 2. The van der Waals surface area contributed by atoms with Crippen LogP contribution in [0.2, 0.25) is 13.1 Å². The number of nitrogens with zero attached hydrogens (tertiary/aromatic N) is 1. The fraction of sp³-hybridized carbons (Fsp3) is 0.105. The van der Waals surface area contributed by atoms with Gasteiger partial charge in [0.1, 0.15) is 0 Å². The molecular formula is C19H15Br2NOSeSi. The second kappa shape index (κ2) is 6.07. The minimum absolute atomic E-state index is 0.226. The summed E-state index contributed by atoms with van der Waals surface area (Å²) < 4.78 is 3.66. The predicted molar refractivity (Wildman–Crippen MR) is 115 cm³/mol. The van der Waals surface area contributed by atoms with Crippen molar-refractivity contribution in [2.75, 3.05) is 0 Å². The van der Waals surface area contributed by atoms with Crippen LogP contribution in [0.5, 0.6) is 5.75 Å². The zero-order valence-corrected chi connectivity index (χ0v) is 19.6. The van der Waals surface area contributed by atoms with E-state index in [2.05, 4.69) is 69.7 Å². The molecule has 126 valence electrons. The zero-order chi connectivity index (χ0) is 17.9. The van der Waals surface area contributed by atoms with Crippen molar-refractivity contribution in [1.82, 2.24) is 0 Å². The van der Waals surface area contributed by atoms with Crippen molar-refractivity contribution in [1.29, 1.82) is 0 Å². The summed E-state index contributed by atoms with van der Waals surface area (Å²) in [5.41, 5.74) is 2.23. The molecule has 0 atom stereocenters. The van der Waals surface area contributed by atoms with Crippen LogP contribution in [-0.2, 0) is 0 Å². The molecule has 0 aliphatic carbocycles. The summed E-state index contributed by atoms with van der Waals surface area (Å²) in [6, 6.07) is 11.9. The molecule has 3 aromatic rings. The molecule has 2 nitrogen and oxygen atoms in total. The molecule has 1 aliphatic rings. The van der Waals surface area contributed by atoms with Crippen LogP contribution < -0.4 is 20.9 Å². The van der Waals surface area contributed by atoms with Gasteiger partial charge in [-0.1, -0.05) is 0 Å². The van der Waals surface area contributed by atoms with Crippen LogP contribution in [0.1, 0.15) is 0 Å². The van der Waals surface area contributed by atoms with Gasteiger partial charge < -0.3 is 0 Å². The third-order valence-electron chi connectivity index (χ3n) is 4.68. The Morgan fingerprint density at radius 1 is 1.12 bits per heavy atom. The Kier molecular flexibility index (Phi) is 4.25. The fourth-order valence-electron chi connectivity index (χ4n) is 3.50. The Hall–Kier alpha value is -0.914. The van der Waals surface area contributed by atoms with Crippen molar-refractivity contribution in [2.24, 2.45) is 4.99 Å². The summed E-state index contributed by atoms with van der Waals surface area (Å²) in [7, 11) is -2.02. The third kappa shape index (κ3) is 2.75. The van der Waals surface area contributed by atoms with Gasteiger partial charge in [0.2, 0.25) is 0 Å². The second-order valence-electron chi connectivity index (χ2n) is 6.66. The summed E-state index contributed by atoms with van der Waals surface area (Å²) in [6.07, 6.45) is 0. The molecule has 0 unspecified atom stereocenters. The first kappa shape index (κ1) is 17.5. The van der Waals surface area contributed by atoms with Gasteiger partial charge >= 0.3 is 171 Å². The van der Waals surface area contributed by atoms with Crippen molar-refractivity contribution in [3.63, 3.8) is 0 Å². The van der Waals surface area contributed by atoms with Crippen molar-refractivity contribution in [3.05, 3.63) is 54.8 Å². The van der Waals surface area contributed by atoms with E-state index in [4.69, 9.17) is 4.99 Å². The van der Waals surface area contributed by atoms with Crippen LogP contribution >= 0.6 is 31.9 Å². The molecule has 0 saturated carbocycles. The molecule has 0 fully saturated rings. The Balaban J connectivity index is 2.13. The van der Waals surface area contributed by atoms with Crippen LogP contribution in [0, 0.1) is 0 Å². The van der Waals surface area contributed by atoms with E-state index in [0.717, 1.165) is 20.7 Å². The first-order chi connectivity index (χ1) is 11.8. The number of hydrogen-bond acceptors (Lipinski definition) is 2. The van der Waals surface area contributed by atoms with Crippen molar-refractivity contribution < 1.29 is 5.11 Å². The van der Waals surface area contributed by atoms with Crippen molar-refractivity contribution in [3.8, 4) is 15.8 Å². The second-order valence-corrected chi connectivity index (χ2v) is 16.0. The molecule has 0 spiro atoms. The van der Waals surface area contributed by atoms with Crippen LogP contribution in [0.3, 0.4) is 0 Å². The Bertz CT molecular complexity index is 1120. The average molecular weight is 540 g/mol. The van der Waals surface area contributed by atoms with E-state index < -0.39 is 8.07 Å². The fourth-order valence-corrected chi connectivity index (χ4v) is 10.8. The summed E-state index contributed by atoms with van der Waals surface area (Å²) in [6.45, 7) is 8.98. The summed E-state index contributed by atoms with van der Waals surface area (Å²) in [5.74, 6) is 0.307. The molecule has 4 rings (SSSR count). The van der Waals surface area contributed by atoms with Crippen molar-refractivity contribution in [2.45, 2.75) is 13.1 Å². The number of aromatic hydroxyl groups is 1. The van der Waals surface area contributed by atoms with Gasteiger partial charge in [-0.25, -0.2) is 0 Å². The van der Waals surface area contributed by atoms with Crippen LogP contribution in [-0.4, -0.2) is 27.7 Å². The van der Waals surface area contributed by atoms with E-state index >= 15 is 0 Å². The van der Waals surface area contributed by atoms with E-state index in [1.165, 1.54) is 23.7 Å². The van der Waals surface area contributed by atoms with Gasteiger partial charge in [0, 0.05) is 0 Å². The maximum absolute atomic E-state index is 10.0. The summed E-state index contributed by atoms with van der Waals surface area (Å²) in [4.78, 5) is 4.90. The monoisotopic (exact) mass is 539 g/mol. The molecular weight excluding hydrogens is 525 g/mol. The molecule has 1 N–H and O–H groups in total. The van der Waals surface area contributed by atoms with Crippen LogP contribution in [0.4, 0.5) is 5.69 Å². The first-order valence-corrected chi connectivity index (χ1v) is 14.1. The SMILES string of the molecule is C=c1ccc2c(c1-c1cc(Br)c(Br)[se]1)[Si](C)(C)c1cc(O)ccc1N=2. The van der Waals surface area contributed by atoms with Gasteiger partial charge in [-0.3, -0.25) is 0 Å². The Labute approximate surface area is 170 Å². The number of hydrogen-bond donors (Lipinski definition) is 1. The van der Waals surface area contributed by atoms with E-state index in [9.17, 15) is 5.11 Å². The summed E-state index contributed by atoms with van der Waals surface area (Å²) in [5, 5.41) is 14.6. The topological polar surface area (TPSA) is 32.6 Å².